The number of rotatable bonds is 0. The zero-order valence-corrected chi connectivity index (χ0v) is 11.9. The van der Waals surface area contributed by atoms with E-state index in [-0.39, 0.29) is 35.8 Å². The summed E-state index contributed by atoms with van der Waals surface area (Å²) in [6.07, 6.45) is -3.75. The number of hydrogen-bond donors (Lipinski definition) is 1. The van der Waals surface area contributed by atoms with Crippen LogP contribution >= 0.6 is 12.4 Å². The first-order valence-electron chi connectivity index (χ1n) is 6.24. The first-order chi connectivity index (χ1) is 8.76. The number of pyridine rings is 1. The van der Waals surface area contributed by atoms with E-state index >= 15 is 0 Å². The van der Waals surface area contributed by atoms with Crippen molar-refractivity contribution in [3.05, 3.63) is 23.4 Å². The molecule has 0 saturated carbocycles. The first kappa shape index (κ1) is 15.4. The summed E-state index contributed by atoms with van der Waals surface area (Å²) in [6.45, 7) is 5.03. The van der Waals surface area contributed by atoms with Gasteiger partial charge in [-0.3, -0.25) is 0 Å². The van der Waals surface area contributed by atoms with E-state index in [4.69, 9.17) is 4.74 Å². The van der Waals surface area contributed by atoms with Crippen molar-refractivity contribution in [2.75, 3.05) is 6.54 Å². The minimum absolute atomic E-state index is 0. The standard InChI is InChI=1S/C13H15F3N2O.ClH/c1-12(2)5-8-10(17-6-12)7-3-4-9(13(14,15)16)18-11(7)19-8;/h3-4,8,10,17H,5-6H2,1-2H3;1H/t8-,10-;/m0./s1. The predicted molar refractivity (Wildman–Crippen MR) is 70.0 cm³/mol. The van der Waals surface area contributed by atoms with Gasteiger partial charge >= 0.3 is 6.18 Å². The van der Waals surface area contributed by atoms with Crippen molar-refractivity contribution in [3.8, 4) is 5.88 Å². The Morgan fingerprint density at radius 3 is 2.70 bits per heavy atom. The molecule has 0 aromatic carbocycles. The molecule has 0 amide bonds. The van der Waals surface area contributed by atoms with E-state index in [9.17, 15) is 13.2 Å². The summed E-state index contributed by atoms with van der Waals surface area (Å²) in [5.41, 5.74) is -0.0894. The van der Waals surface area contributed by atoms with Crippen molar-refractivity contribution < 1.29 is 17.9 Å². The molecule has 0 radical (unpaired) electrons. The molecular formula is C13H16ClF3N2O. The van der Waals surface area contributed by atoms with Crippen LogP contribution in [0.5, 0.6) is 5.88 Å². The van der Waals surface area contributed by atoms with Gasteiger partial charge in [-0.1, -0.05) is 13.8 Å². The third kappa shape index (κ3) is 2.59. The predicted octanol–water partition coefficient (Wildman–Crippen LogP) is 3.34. The van der Waals surface area contributed by atoms with Gasteiger partial charge in [0.2, 0.25) is 5.88 Å². The molecule has 0 spiro atoms. The van der Waals surface area contributed by atoms with Gasteiger partial charge in [0.25, 0.3) is 0 Å². The van der Waals surface area contributed by atoms with Crippen molar-refractivity contribution in [2.24, 2.45) is 5.41 Å². The Balaban J connectivity index is 0.00000147. The quantitative estimate of drug-likeness (QED) is 0.798. The lowest BCUT2D eigenvalue weighted by atomic mass is 9.80. The van der Waals surface area contributed by atoms with Crippen LogP contribution in [0.4, 0.5) is 13.2 Å². The molecule has 1 N–H and O–H groups in total. The number of aromatic nitrogens is 1. The van der Waals surface area contributed by atoms with Crippen LogP contribution in [0.25, 0.3) is 0 Å². The van der Waals surface area contributed by atoms with Crippen LogP contribution in [0, 0.1) is 5.41 Å². The van der Waals surface area contributed by atoms with Gasteiger partial charge in [0, 0.05) is 12.1 Å². The normalized spacial score (nSPS) is 27.1. The molecule has 1 fully saturated rings. The fourth-order valence-electron chi connectivity index (χ4n) is 2.76. The van der Waals surface area contributed by atoms with Crippen LogP contribution in [0.2, 0.25) is 0 Å². The summed E-state index contributed by atoms with van der Waals surface area (Å²) in [4.78, 5) is 3.61. The molecule has 2 aliphatic rings. The van der Waals surface area contributed by atoms with Crippen LogP contribution in [-0.4, -0.2) is 17.6 Å². The third-order valence-electron chi connectivity index (χ3n) is 3.70. The van der Waals surface area contributed by atoms with E-state index < -0.39 is 11.9 Å². The van der Waals surface area contributed by atoms with Crippen molar-refractivity contribution in [1.82, 2.24) is 10.3 Å². The van der Waals surface area contributed by atoms with Gasteiger partial charge in [-0.25, -0.2) is 4.98 Å². The summed E-state index contributed by atoms with van der Waals surface area (Å²) >= 11 is 0. The van der Waals surface area contributed by atoms with E-state index in [0.717, 1.165) is 24.6 Å². The van der Waals surface area contributed by atoms with Gasteiger partial charge in [-0.05, 0) is 24.0 Å². The lowest BCUT2D eigenvalue weighted by Gasteiger charge is -2.37. The zero-order chi connectivity index (χ0) is 13.8. The van der Waals surface area contributed by atoms with E-state index in [1.165, 1.54) is 6.07 Å². The number of alkyl halides is 3. The van der Waals surface area contributed by atoms with E-state index in [2.05, 4.69) is 24.1 Å². The highest BCUT2D eigenvalue weighted by atomic mass is 35.5. The highest BCUT2D eigenvalue weighted by Gasteiger charge is 2.44. The Morgan fingerprint density at radius 1 is 1.35 bits per heavy atom. The highest BCUT2D eigenvalue weighted by Crippen LogP contribution is 2.44. The summed E-state index contributed by atoms with van der Waals surface area (Å²) in [7, 11) is 0. The van der Waals surface area contributed by atoms with Gasteiger partial charge in [0.15, 0.2) is 0 Å². The van der Waals surface area contributed by atoms with Gasteiger partial charge in [0.1, 0.15) is 11.8 Å². The Hall–Kier alpha value is -1.01. The molecule has 3 heterocycles. The highest BCUT2D eigenvalue weighted by molar-refractivity contribution is 5.85. The topological polar surface area (TPSA) is 34.2 Å². The van der Waals surface area contributed by atoms with Crippen molar-refractivity contribution in [1.29, 1.82) is 0 Å². The average molecular weight is 309 g/mol. The number of fused-ring (bicyclic) bond motifs is 3. The number of halogens is 4. The Kier molecular flexibility index (Phi) is 3.67. The van der Waals surface area contributed by atoms with Crippen LogP contribution in [0.15, 0.2) is 12.1 Å². The first-order valence-corrected chi connectivity index (χ1v) is 6.24. The molecule has 3 rings (SSSR count). The molecule has 0 unspecified atom stereocenters. The fourth-order valence-corrected chi connectivity index (χ4v) is 2.76. The molecule has 1 aromatic rings. The monoisotopic (exact) mass is 308 g/mol. The summed E-state index contributed by atoms with van der Waals surface area (Å²) < 4.78 is 43.5. The maximum Gasteiger partial charge on any atom is 0.433 e. The van der Waals surface area contributed by atoms with Crippen molar-refractivity contribution >= 4 is 12.4 Å². The average Bonchev–Trinajstić information content (AvgIpc) is 2.61. The van der Waals surface area contributed by atoms with Gasteiger partial charge in [-0.15, -0.1) is 12.4 Å². The Bertz CT molecular complexity index is 519. The Morgan fingerprint density at radius 2 is 2.05 bits per heavy atom. The van der Waals surface area contributed by atoms with Crippen molar-refractivity contribution in [3.63, 3.8) is 0 Å². The lowest BCUT2D eigenvalue weighted by molar-refractivity contribution is -0.141. The SMILES string of the molecule is CC1(C)CN[C@H]2c3ccc(C(F)(F)F)nc3O[C@H]2C1.Cl. The lowest BCUT2D eigenvalue weighted by Crippen LogP contribution is -2.46. The summed E-state index contributed by atoms with van der Waals surface area (Å²) in [5.74, 6) is 0.120. The van der Waals surface area contributed by atoms with Crippen LogP contribution in [0.3, 0.4) is 0 Å². The van der Waals surface area contributed by atoms with Crippen molar-refractivity contribution in [2.45, 2.75) is 38.6 Å². The zero-order valence-electron chi connectivity index (χ0n) is 11.1. The second kappa shape index (κ2) is 4.77. The maximum atomic E-state index is 12.6. The van der Waals surface area contributed by atoms with E-state index in [1.54, 1.807) is 0 Å². The summed E-state index contributed by atoms with van der Waals surface area (Å²) in [6, 6.07) is 2.45. The van der Waals surface area contributed by atoms with Gasteiger partial charge in [-0.2, -0.15) is 13.2 Å². The summed E-state index contributed by atoms with van der Waals surface area (Å²) in [5, 5.41) is 3.34. The number of ether oxygens (including phenoxy) is 1. The molecule has 2 atom stereocenters. The van der Waals surface area contributed by atoms with E-state index in [1.807, 2.05) is 0 Å². The number of hydrogen-bond acceptors (Lipinski definition) is 3. The molecule has 112 valence electrons. The molecule has 1 aromatic heterocycles. The van der Waals surface area contributed by atoms with Gasteiger partial charge < -0.3 is 10.1 Å². The molecular weight excluding hydrogens is 293 g/mol. The van der Waals surface area contributed by atoms with Crippen LogP contribution < -0.4 is 10.1 Å². The van der Waals surface area contributed by atoms with Crippen LogP contribution in [-0.2, 0) is 6.18 Å². The minimum atomic E-state index is -4.43. The van der Waals surface area contributed by atoms with Gasteiger partial charge in [0.05, 0.1) is 6.04 Å². The second-order valence-corrected chi connectivity index (χ2v) is 5.97. The Labute approximate surface area is 121 Å². The molecule has 20 heavy (non-hydrogen) atoms. The fraction of sp³-hybridized carbons (Fsp3) is 0.615. The minimum Gasteiger partial charge on any atom is -0.472 e. The molecule has 7 heteroatoms. The molecule has 0 bridgehead atoms. The molecule has 1 saturated heterocycles. The second-order valence-electron chi connectivity index (χ2n) is 5.97. The largest absolute Gasteiger partial charge is 0.472 e. The van der Waals surface area contributed by atoms with Crippen LogP contribution in [0.1, 0.15) is 37.6 Å². The molecule has 0 aliphatic carbocycles. The molecule has 2 aliphatic heterocycles. The smallest absolute Gasteiger partial charge is 0.433 e. The number of piperidine rings is 1. The molecule has 3 nitrogen and oxygen atoms in total. The number of nitrogens with zero attached hydrogens (tertiary/aromatic N) is 1. The number of nitrogens with one attached hydrogen (secondary N) is 1. The van der Waals surface area contributed by atoms with E-state index in [0.29, 0.717) is 0 Å². The maximum absolute atomic E-state index is 12.6. The third-order valence-corrected chi connectivity index (χ3v) is 3.70.